The van der Waals surface area contributed by atoms with Gasteiger partial charge in [-0.15, -0.1) is 0 Å². The molecule has 31 heavy (non-hydrogen) atoms. The molecule has 0 saturated heterocycles. The van der Waals surface area contributed by atoms with Crippen LogP contribution in [0.1, 0.15) is 13.3 Å². The lowest BCUT2D eigenvalue weighted by molar-refractivity contribution is -0.114. The van der Waals surface area contributed by atoms with Gasteiger partial charge in [0.15, 0.2) is 0 Å². The van der Waals surface area contributed by atoms with Gasteiger partial charge in [-0.25, -0.2) is 0 Å². The van der Waals surface area contributed by atoms with Crippen molar-refractivity contribution in [1.29, 1.82) is 0 Å². The molecule has 0 radical (unpaired) electrons. The average molecular weight is 421 g/mol. The van der Waals surface area contributed by atoms with Gasteiger partial charge in [0.05, 0.1) is 18.8 Å². The maximum absolute atomic E-state index is 12.3. The predicted octanol–water partition coefficient (Wildman–Crippen LogP) is 4.98. The Kier molecular flexibility index (Phi) is 8.61. The van der Waals surface area contributed by atoms with E-state index in [2.05, 4.69) is 17.6 Å². The molecule has 3 rings (SSSR count). The molecule has 0 unspecified atom stereocenters. The van der Waals surface area contributed by atoms with E-state index in [0.29, 0.717) is 25.6 Å². The van der Waals surface area contributed by atoms with Gasteiger partial charge in [0.1, 0.15) is 30.5 Å². The minimum absolute atomic E-state index is 0.120. The van der Waals surface area contributed by atoms with Crippen LogP contribution in [-0.2, 0) is 4.79 Å². The molecule has 0 heterocycles. The zero-order valence-corrected chi connectivity index (χ0v) is 17.7. The number of para-hydroxylation sites is 3. The molecule has 1 amide bonds. The van der Waals surface area contributed by atoms with Gasteiger partial charge in [-0.05, 0) is 55.0 Å². The first-order valence-corrected chi connectivity index (χ1v) is 10.4. The molecule has 2 N–H and O–H groups in total. The predicted molar refractivity (Wildman–Crippen MR) is 123 cm³/mol. The topological polar surface area (TPSA) is 68.8 Å². The molecular weight excluding hydrogens is 392 g/mol. The summed E-state index contributed by atoms with van der Waals surface area (Å²) in [6.45, 7) is 3.68. The SMILES string of the molecule is CCCOc1ccc(NC(=O)CNc2ccccc2OCCOc2ccccc2)cc1. The third kappa shape index (κ3) is 7.59. The lowest BCUT2D eigenvalue weighted by Gasteiger charge is -2.14. The smallest absolute Gasteiger partial charge is 0.243 e. The number of hydrogen-bond donors (Lipinski definition) is 2. The molecule has 162 valence electrons. The first-order valence-electron chi connectivity index (χ1n) is 10.4. The largest absolute Gasteiger partial charge is 0.494 e. The Balaban J connectivity index is 1.44. The van der Waals surface area contributed by atoms with Gasteiger partial charge in [0.25, 0.3) is 0 Å². The third-order valence-electron chi connectivity index (χ3n) is 4.29. The van der Waals surface area contributed by atoms with E-state index in [-0.39, 0.29) is 12.5 Å². The number of amides is 1. The second-order valence-electron chi connectivity index (χ2n) is 6.78. The summed E-state index contributed by atoms with van der Waals surface area (Å²) in [6.07, 6.45) is 0.954. The number of rotatable bonds is 12. The molecule has 0 aliphatic rings. The Morgan fingerprint density at radius 3 is 2.16 bits per heavy atom. The van der Waals surface area contributed by atoms with Crippen LogP contribution in [0.25, 0.3) is 0 Å². The van der Waals surface area contributed by atoms with Gasteiger partial charge in [0.2, 0.25) is 5.91 Å². The number of benzene rings is 3. The number of carbonyl (C=O) groups is 1. The molecule has 0 atom stereocenters. The van der Waals surface area contributed by atoms with Crippen LogP contribution in [-0.4, -0.2) is 32.3 Å². The van der Waals surface area contributed by atoms with Gasteiger partial charge >= 0.3 is 0 Å². The summed E-state index contributed by atoms with van der Waals surface area (Å²) in [6, 6.07) is 24.5. The number of nitrogens with one attached hydrogen (secondary N) is 2. The summed E-state index contributed by atoms with van der Waals surface area (Å²) in [5.74, 6) is 2.12. The van der Waals surface area contributed by atoms with Crippen molar-refractivity contribution in [2.24, 2.45) is 0 Å². The molecule has 0 spiro atoms. The lowest BCUT2D eigenvalue weighted by Crippen LogP contribution is -2.22. The average Bonchev–Trinajstić information content (AvgIpc) is 2.81. The van der Waals surface area contributed by atoms with Gasteiger partial charge in [0, 0.05) is 5.69 Å². The van der Waals surface area contributed by atoms with Crippen LogP contribution in [0.4, 0.5) is 11.4 Å². The lowest BCUT2D eigenvalue weighted by atomic mass is 10.3. The molecular formula is C25H28N2O4. The molecule has 0 aromatic heterocycles. The first-order chi connectivity index (χ1) is 15.2. The maximum Gasteiger partial charge on any atom is 0.243 e. The fourth-order valence-corrected chi connectivity index (χ4v) is 2.80. The summed E-state index contributed by atoms with van der Waals surface area (Å²) < 4.78 is 17.0. The Morgan fingerprint density at radius 2 is 1.39 bits per heavy atom. The van der Waals surface area contributed by atoms with Crippen molar-refractivity contribution in [2.45, 2.75) is 13.3 Å². The van der Waals surface area contributed by atoms with Gasteiger partial charge in [-0.2, -0.15) is 0 Å². The van der Waals surface area contributed by atoms with Crippen molar-refractivity contribution in [3.05, 3.63) is 78.9 Å². The molecule has 3 aromatic carbocycles. The highest BCUT2D eigenvalue weighted by atomic mass is 16.5. The Labute approximate surface area is 183 Å². The number of carbonyl (C=O) groups excluding carboxylic acids is 1. The van der Waals surface area contributed by atoms with Crippen molar-refractivity contribution >= 4 is 17.3 Å². The third-order valence-corrected chi connectivity index (χ3v) is 4.29. The quantitative estimate of drug-likeness (QED) is 0.404. The number of hydrogen-bond acceptors (Lipinski definition) is 5. The highest BCUT2D eigenvalue weighted by Gasteiger charge is 2.07. The summed E-state index contributed by atoms with van der Waals surface area (Å²) in [5.41, 5.74) is 1.47. The molecule has 6 nitrogen and oxygen atoms in total. The van der Waals surface area contributed by atoms with Crippen LogP contribution in [0.5, 0.6) is 17.2 Å². The van der Waals surface area contributed by atoms with Gasteiger partial charge < -0.3 is 24.8 Å². The first kappa shape index (κ1) is 22.0. The standard InChI is InChI=1S/C25H28N2O4/c1-2-16-29-22-14-12-20(13-15-22)27-25(28)19-26-23-10-6-7-11-24(23)31-18-17-30-21-8-4-3-5-9-21/h3-15,26H,2,16-19H2,1H3,(H,27,28). The second kappa shape index (κ2) is 12.1. The Hall–Kier alpha value is -3.67. The maximum atomic E-state index is 12.3. The highest BCUT2D eigenvalue weighted by molar-refractivity contribution is 5.94. The summed E-state index contributed by atoms with van der Waals surface area (Å²) in [4.78, 5) is 12.3. The van der Waals surface area contributed by atoms with Crippen LogP contribution < -0.4 is 24.8 Å². The van der Waals surface area contributed by atoms with E-state index in [1.54, 1.807) is 0 Å². The van der Waals surface area contributed by atoms with Crippen molar-refractivity contribution in [2.75, 3.05) is 37.0 Å². The van der Waals surface area contributed by atoms with Gasteiger partial charge in [-0.1, -0.05) is 37.3 Å². The molecule has 0 aliphatic carbocycles. The van der Waals surface area contributed by atoms with E-state index in [9.17, 15) is 4.79 Å². The fraction of sp³-hybridized carbons (Fsp3) is 0.240. The van der Waals surface area contributed by atoms with Gasteiger partial charge in [-0.3, -0.25) is 4.79 Å². The van der Waals surface area contributed by atoms with E-state index in [4.69, 9.17) is 14.2 Å². The Bertz CT molecular complexity index is 930. The normalized spacial score (nSPS) is 10.2. The van der Waals surface area contributed by atoms with Crippen LogP contribution in [0.3, 0.4) is 0 Å². The van der Waals surface area contributed by atoms with E-state index >= 15 is 0 Å². The van der Waals surface area contributed by atoms with Crippen molar-refractivity contribution < 1.29 is 19.0 Å². The van der Waals surface area contributed by atoms with Crippen LogP contribution in [0.15, 0.2) is 78.9 Å². The van der Waals surface area contributed by atoms with Crippen LogP contribution in [0.2, 0.25) is 0 Å². The molecule has 3 aromatic rings. The zero-order chi connectivity index (χ0) is 21.7. The van der Waals surface area contributed by atoms with Crippen LogP contribution >= 0.6 is 0 Å². The van der Waals surface area contributed by atoms with Crippen molar-refractivity contribution in [3.63, 3.8) is 0 Å². The Morgan fingerprint density at radius 1 is 0.742 bits per heavy atom. The molecule has 0 aliphatic heterocycles. The monoisotopic (exact) mass is 420 g/mol. The molecule has 0 saturated carbocycles. The second-order valence-corrected chi connectivity index (χ2v) is 6.78. The minimum atomic E-state index is -0.149. The summed E-state index contributed by atoms with van der Waals surface area (Å²) in [5, 5.41) is 6.00. The zero-order valence-electron chi connectivity index (χ0n) is 17.7. The van der Waals surface area contributed by atoms with E-state index < -0.39 is 0 Å². The van der Waals surface area contributed by atoms with Crippen molar-refractivity contribution in [1.82, 2.24) is 0 Å². The fourth-order valence-electron chi connectivity index (χ4n) is 2.80. The molecule has 0 bridgehead atoms. The van der Waals surface area contributed by atoms with E-state index in [0.717, 1.165) is 29.3 Å². The summed E-state index contributed by atoms with van der Waals surface area (Å²) >= 11 is 0. The van der Waals surface area contributed by atoms with Crippen molar-refractivity contribution in [3.8, 4) is 17.2 Å². The highest BCUT2D eigenvalue weighted by Crippen LogP contribution is 2.23. The molecule has 6 heteroatoms. The number of ether oxygens (including phenoxy) is 3. The number of anilines is 2. The van der Waals surface area contributed by atoms with Crippen LogP contribution in [0, 0.1) is 0 Å². The summed E-state index contributed by atoms with van der Waals surface area (Å²) in [7, 11) is 0. The van der Waals surface area contributed by atoms with E-state index in [1.807, 2.05) is 78.9 Å². The molecule has 0 fully saturated rings. The minimum Gasteiger partial charge on any atom is -0.494 e. The van der Waals surface area contributed by atoms with E-state index in [1.165, 1.54) is 0 Å².